The minimum absolute atomic E-state index is 0.287. The van der Waals surface area contributed by atoms with Gasteiger partial charge in [0.25, 0.3) is 0 Å². The topological polar surface area (TPSA) is 98.6 Å². The zero-order valence-corrected chi connectivity index (χ0v) is 15.7. The average Bonchev–Trinajstić information content (AvgIpc) is 2.65. The summed E-state index contributed by atoms with van der Waals surface area (Å²) >= 11 is 0. The van der Waals surface area contributed by atoms with E-state index in [0.717, 1.165) is 12.0 Å². The number of methoxy groups -OCH3 is 1. The van der Waals surface area contributed by atoms with Crippen molar-refractivity contribution in [1.29, 1.82) is 0 Å². The summed E-state index contributed by atoms with van der Waals surface area (Å²) in [4.78, 5) is 22.6. The van der Waals surface area contributed by atoms with Crippen molar-refractivity contribution in [3.63, 3.8) is 0 Å². The first-order chi connectivity index (χ1) is 11.6. The first-order valence-electron chi connectivity index (χ1n) is 8.04. The Bertz CT molecular complexity index is 389. The van der Waals surface area contributed by atoms with Crippen molar-refractivity contribution >= 4 is 12.4 Å². The highest BCUT2D eigenvalue weighted by Gasteiger charge is 2.02. The molecule has 1 aromatic carbocycles. The zero-order valence-electron chi connectivity index (χ0n) is 15.7. The number of carbonyl (C=O) groups excluding carboxylic acids is 2. The summed E-state index contributed by atoms with van der Waals surface area (Å²) in [5.74, 6) is -0.287. The van der Waals surface area contributed by atoms with Crippen LogP contribution in [0.5, 0.6) is 0 Å². The number of ether oxygens (including phenoxy) is 1. The zero-order chi connectivity index (χ0) is 19.4. The van der Waals surface area contributed by atoms with Gasteiger partial charge in [-0.1, -0.05) is 31.5 Å². The van der Waals surface area contributed by atoms with Crippen molar-refractivity contribution in [3.05, 3.63) is 42.3 Å². The normalized spacial score (nSPS) is 8.12. The standard InChI is InChI=1S/C9H10O2.C5H13N3O.C2H6.C2H5/c1-7-3-5-8(6-4-7)9(10)11-2;6-1-3-8(5-9)4-2-7;2*1-2/h3-6H,1-2H3;5H,1-4,6-7H2;1-2H3;1H2,2H3/q;;;+1. The molecule has 4 N–H and O–H groups in total. The quantitative estimate of drug-likeness (QED) is 0.469. The number of rotatable bonds is 6. The predicted molar refractivity (Wildman–Crippen MR) is 101 cm³/mol. The minimum atomic E-state index is -0.287. The molecule has 0 aliphatic carbocycles. The summed E-state index contributed by atoms with van der Waals surface area (Å²) in [7, 11) is 1.38. The largest absolute Gasteiger partial charge is 0.465 e. The number of esters is 1. The molecule has 0 aromatic heterocycles. The van der Waals surface area contributed by atoms with Crippen LogP contribution in [0.2, 0.25) is 0 Å². The second kappa shape index (κ2) is 20.9. The summed E-state index contributed by atoms with van der Waals surface area (Å²) in [5.41, 5.74) is 12.1. The van der Waals surface area contributed by atoms with Crippen molar-refractivity contribution in [2.24, 2.45) is 11.5 Å². The molecule has 0 atom stereocenters. The molecule has 0 aliphatic heterocycles. The SMILES string of the molecule is CC.COC(=O)c1ccc(C)cc1.NCCN(C=O)CCN.[CH2+]C. The van der Waals surface area contributed by atoms with Gasteiger partial charge in [-0.05, 0) is 19.1 Å². The van der Waals surface area contributed by atoms with E-state index >= 15 is 0 Å². The van der Waals surface area contributed by atoms with E-state index in [1.807, 2.05) is 32.9 Å². The molecule has 0 spiro atoms. The molecule has 6 heteroatoms. The number of nitrogens with two attached hydrogens (primary N) is 2. The second-order valence-electron chi connectivity index (χ2n) is 4.08. The fraction of sp³-hybridized carbons (Fsp3) is 0.500. The Morgan fingerprint density at radius 2 is 1.54 bits per heavy atom. The van der Waals surface area contributed by atoms with E-state index in [1.54, 1.807) is 24.0 Å². The van der Waals surface area contributed by atoms with Crippen LogP contribution in [0.4, 0.5) is 0 Å². The van der Waals surface area contributed by atoms with E-state index in [4.69, 9.17) is 11.5 Å². The van der Waals surface area contributed by atoms with E-state index in [-0.39, 0.29) is 5.97 Å². The van der Waals surface area contributed by atoms with Crippen LogP contribution in [0, 0.1) is 13.8 Å². The number of nitrogens with zero attached hydrogens (tertiary/aromatic N) is 1. The lowest BCUT2D eigenvalue weighted by Crippen LogP contribution is -2.32. The third-order valence-corrected chi connectivity index (χ3v) is 2.45. The van der Waals surface area contributed by atoms with Crippen molar-refractivity contribution in [1.82, 2.24) is 4.90 Å². The Balaban J connectivity index is -0.000000309. The minimum Gasteiger partial charge on any atom is -0.465 e. The van der Waals surface area contributed by atoms with Gasteiger partial charge < -0.3 is 21.1 Å². The fourth-order valence-electron chi connectivity index (χ4n) is 1.36. The predicted octanol–water partition coefficient (Wildman–Crippen LogP) is 2.01. The lowest BCUT2D eigenvalue weighted by molar-refractivity contribution is -0.117. The molecule has 0 heterocycles. The van der Waals surface area contributed by atoms with Crippen LogP contribution in [-0.2, 0) is 9.53 Å². The molecule has 0 radical (unpaired) electrons. The molecule has 1 rings (SSSR count). The molecule has 0 saturated carbocycles. The monoisotopic (exact) mass is 340 g/mol. The molecule has 0 saturated heterocycles. The van der Waals surface area contributed by atoms with Crippen molar-refractivity contribution in [2.75, 3.05) is 33.3 Å². The van der Waals surface area contributed by atoms with E-state index in [1.165, 1.54) is 7.11 Å². The Labute approximate surface area is 147 Å². The van der Waals surface area contributed by atoms with Gasteiger partial charge in [0.1, 0.15) is 0 Å². The molecule has 0 unspecified atom stereocenters. The maximum absolute atomic E-state index is 10.9. The fourth-order valence-corrected chi connectivity index (χ4v) is 1.36. The maximum Gasteiger partial charge on any atom is 0.337 e. The Hall–Kier alpha value is -2.05. The molecular weight excluding hydrogens is 306 g/mol. The molecule has 6 nitrogen and oxygen atoms in total. The molecule has 138 valence electrons. The Morgan fingerprint density at radius 3 is 1.83 bits per heavy atom. The van der Waals surface area contributed by atoms with Crippen LogP contribution < -0.4 is 11.5 Å². The summed E-state index contributed by atoms with van der Waals surface area (Å²) < 4.78 is 4.54. The molecule has 0 fully saturated rings. The highest BCUT2D eigenvalue weighted by Crippen LogP contribution is 2.03. The molecular formula is C18H34N3O3+. The molecule has 1 amide bonds. The van der Waals surface area contributed by atoms with Crippen LogP contribution >= 0.6 is 0 Å². The number of carbonyl (C=O) groups is 2. The summed E-state index contributed by atoms with van der Waals surface area (Å²) in [6, 6.07) is 7.26. The number of hydrogen-bond donors (Lipinski definition) is 2. The van der Waals surface area contributed by atoms with E-state index in [2.05, 4.69) is 11.7 Å². The van der Waals surface area contributed by atoms with Crippen LogP contribution in [0.1, 0.15) is 36.7 Å². The summed E-state index contributed by atoms with van der Waals surface area (Å²) in [6.07, 6.45) is 0.764. The number of aryl methyl sites for hydroxylation is 1. The van der Waals surface area contributed by atoms with Gasteiger partial charge in [0.15, 0.2) is 0 Å². The van der Waals surface area contributed by atoms with Gasteiger partial charge in [-0.3, -0.25) is 4.79 Å². The first-order valence-corrected chi connectivity index (χ1v) is 8.04. The molecule has 0 aliphatic rings. The van der Waals surface area contributed by atoms with E-state index < -0.39 is 0 Å². The molecule has 0 bridgehead atoms. The van der Waals surface area contributed by atoms with Crippen molar-refractivity contribution in [2.45, 2.75) is 27.7 Å². The van der Waals surface area contributed by atoms with E-state index in [0.29, 0.717) is 31.7 Å². The second-order valence-corrected chi connectivity index (χ2v) is 4.08. The van der Waals surface area contributed by atoms with Crippen LogP contribution in [0.3, 0.4) is 0 Å². The van der Waals surface area contributed by atoms with Gasteiger partial charge in [0.2, 0.25) is 6.41 Å². The first kappa shape index (κ1) is 26.8. The maximum atomic E-state index is 10.9. The van der Waals surface area contributed by atoms with Gasteiger partial charge >= 0.3 is 5.97 Å². The van der Waals surface area contributed by atoms with Gasteiger partial charge in [0, 0.05) is 26.2 Å². The Morgan fingerprint density at radius 1 is 1.12 bits per heavy atom. The smallest absolute Gasteiger partial charge is 0.337 e. The van der Waals surface area contributed by atoms with E-state index in [9.17, 15) is 9.59 Å². The van der Waals surface area contributed by atoms with Crippen LogP contribution in [0.25, 0.3) is 0 Å². The third kappa shape index (κ3) is 14.9. The van der Waals surface area contributed by atoms with Crippen LogP contribution in [0.15, 0.2) is 24.3 Å². The molecule has 1 aromatic rings. The lowest BCUT2D eigenvalue weighted by Gasteiger charge is -2.13. The lowest BCUT2D eigenvalue weighted by atomic mass is 10.2. The Kier molecular flexibility index (Phi) is 23.4. The van der Waals surface area contributed by atoms with Gasteiger partial charge in [0.05, 0.1) is 26.5 Å². The van der Waals surface area contributed by atoms with Gasteiger partial charge in [-0.25, -0.2) is 4.79 Å². The summed E-state index contributed by atoms with van der Waals surface area (Å²) in [5, 5.41) is 0. The van der Waals surface area contributed by atoms with Crippen LogP contribution in [-0.4, -0.2) is 50.6 Å². The molecule has 24 heavy (non-hydrogen) atoms. The van der Waals surface area contributed by atoms with Gasteiger partial charge in [-0.15, -0.1) is 0 Å². The number of amides is 1. The average molecular weight is 340 g/mol. The number of hydrogen-bond acceptors (Lipinski definition) is 5. The summed E-state index contributed by atoms with van der Waals surface area (Å²) in [6.45, 7) is 13.2. The third-order valence-electron chi connectivity index (χ3n) is 2.45. The number of benzene rings is 1. The van der Waals surface area contributed by atoms with Gasteiger partial charge in [-0.2, -0.15) is 0 Å². The highest BCUT2D eigenvalue weighted by molar-refractivity contribution is 5.89. The van der Waals surface area contributed by atoms with Crippen molar-refractivity contribution in [3.8, 4) is 0 Å². The highest BCUT2D eigenvalue weighted by atomic mass is 16.5. The van der Waals surface area contributed by atoms with Crippen molar-refractivity contribution < 1.29 is 14.3 Å².